The van der Waals surface area contributed by atoms with E-state index >= 15 is 0 Å². The van der Waals surface area contributed by atoms with Crippen LogP contribution in [0.3, 0.4) is 0 Å². The number of carbonyl (C=O) groups is 1. The van der Waals surface area contributed by atoms with Gasteiger partial charge in [-0.1, -0.05) is 18.2 Å². The minimum atomic E-state index is -0.206. The number of benzene rings is 2. The Kier molecular flexibility index (Phi) is 6.19. The molecule has 0 aliphatic carbocycles. The first kappa shape index (κ1) is 19.0. The third-order valence-electron chi connectivity index (χ3n) is 5.02. The molecule has 1 aliphatic heterocycles. The number of amides is 1. The van der Waals surface area contributed by atoms with E-state index in [0.717, 1.165) is 37.6 Å². The van der Waals surface area contributed by atoms with E-state index in [4.69, 9.17) is 9.47 Å². The molecule has 6 heteroatoms. The van der Waals surface area contributed by atoms with Crippen LogP contribution in [0.4, 0.5) is 11.4 Å². The predicted molar refractivity (Wildman–Crippen MR) is 108 cm³/mol. The Morgan fingerprint density at radius 2 is 1.74 bits per heavy atom. The average Bonchev–Trinajstić information content (AvgIpc) is 2.73. The third kappa shape index (κ3) is 4.52. The molecule has 0 aromatic heterocycles. The van der Waals surface area contributed by atoms with Crippen LogP contribution in [0, 0.1) is 0 Å². The molecule has 3 rings (SSSR count). The van der Waals surface area contributed by atoms with E-state index in [-0.39, 0.29) is 11.9 Å². The molecule has 144 valence electrons. The van der Waals surface area contributed by atoms with Crippen molar-refractivity contribution in [2.45, 2.75) is 13.0 Å². The molecular formula is C21H27N3O3. The summed E-state index contributed by atoms with van der Waals surface area (Å²) in [5.74, 6) is 1.51. The molecule has 6 nitrogen and oxygen atoms in total. The number of piperazine rings is 1. The van der Waals surface area contributed by atoms with Gasteiger partial charge in [-0.05, 0) is 31.2 Å². The van der Waals surface area contributed by atoms with Gasteiger partial charge in [-0.15, -0.1) is 0 Å². The highest BCUT2D eigenvalue weighted by molar-refractivity contribution is 5.95. The average molecular weight is 369 g/mol. The van der Waals surface area contributed by atoms with E-state index in [1.807, 2.05) is 49.4 Å². The van der Waals surface area contributed by atoms with Crippen LogP contribution in [0.25, 0.3) is 0 Å². The number of nitrogens with one attached hydrogen (secondary N) is 1. The number of para-hydroxylation sites is 2. The maximum absolute atomic E-state index is 12.7. The molecular weight excluding hydrogens is 342 g/mol. The Morgan fingerprint density at radius 3 is 2.44 bits per heavy atom. The van der Waals surface area contributed by atoms with Gasteiger partial charge in [0.2, 0.25) is 5.91 Å². The monoisotopic (exact) mass is 369 g/mol. The fourth-order valence-electron chi connectivity index (χ4n) is 3.33. The summed E-state index contributed by atoms with van der Waals surface area (Å²) in [6.07, 6.45) is 0. The Bertz CT molecular complexity index is 773. The number of rotatable bonds is 6. The molecule has 1 N–H and O–H groups in total. The number of ether oxygens (including phenoxy) is 2. The molecule has 0 saturated carbocycles. The summed E-state index contributed by atoms with van der Waals surface area (Å²) in [5, 5.41) is 2.98. The molecule has 1 atom stereocenters. The number of carbonyl (C=O) groups excluding carboxylic acids is 1. The predicted octanol–water partition coefficient (Wildman–Crippen LogP) is 2.85. The second kappa shape index (κ2) is 8.77. The summed E-state index contributed by atoms with van der Waals surface area (Å²) >= 11 is 0. The van der Waals surface area contributed by atoms with E-state index in [1.54, 1.807) is 14.2 Å². The molecule has 0 unspecified atom stereocenters. The fourth-order valence-corrected chi connectivity index (χ4v) is 3.33. The quantitative estimate of drug-likeness (QED) is 0.849. The number of hydrogen-bond acceptors (Lipinski definition) is 5. The highest BCUT2D eigenvalue weighted by atomic mass is 16.5. The molecule has 27 heavy (non-hydrogen) atoms. The molecule has 1 aliphatic rings. The van der Waals surface area contributed by atoms with Crippen molar-refractivity contribution in [1.29, 1.82) is 0 Å². The van der Waals surface area contributed by atoms with E-state index < -0.39 is 0 Å². The molecule has 0 radical (unpaired) electrons. The van der Waals surface area contributed by atoms with E-state index in [0.29, 0.717) is 11.4 Å². The minimum absolute atomic E-state index is 0.0191. The van der Waals surface area contributed by atoms with Gasteiger partial charge in [-0.25, -0.2) is 0 Å². The summed E-state index contributed by atoms with van der Waals surface area (Å²) < 4.78 is 10.6. The maximum Gasteiger partial charge on any atom is 0.241 e. The van der Waals surface area contributed by atoms with E-state index in [1.165, 1.54) is 0 Å². The zero-order valence-corrected chi connectivity index (χ0v) is 16.1. The van der Waals surface area contributed by atoms with Crippen molar-refractivity contribution in [3.05, 3.63) is 48.5 Å². The van der Waals surface area contributed by atoms with Crippen molar-refractivity contribution in [3.8, 4) is 11.5 Å². The molecule has 1 saturated heterocycles. The van der Waals surface area contributed by atoms with Crippen LogP contribution in [0.5, 0.6) is 11.5 Å². The largest absolute Gasteiger partial charge is 0.497 e. The van der Waals surface area contributed by atoms with Gasteiger partial charge >= 0.3 is 0 Å². The van der Waals surface area contributed by atoms with Crippen molar-refractivity contribution >= 4 is 17.3 Å². The van der Waals surface area contributed by atoms with Crippen LogP contribution in [0.2, 0.25) is 0 Å². The number of methoxy groups -OCH3 is 2. The van der Waals surface area contributed by atoms with Gasteiger partial charge in [0.15, 0.2) is 0 Å². The normalized spacial score (nSPS) is 15.9. The van der Waals surface area contributed by atoms with Crippen LogP contribution in [0.1, 0.15) is 6.92 Å². The Balaban J connectivity index is 1.57. The van der Waals surface area contributed by atoms with Crippen LogP contribution in [-0.2, 0) is 4.79 Å². The van der Waals surface area contributed by atoms with Gasteiger partial charge in [0.1, 0.15) is 11.5 Å². The van der Waals surface area contributed by atoms with Gasteiger partial charge in [0.05, 0.1) is 25.9 Å². The summed E-state index contributed by atoms with van der Waals surface area (Å²) in [7, 11) is 3.28. The summed E-state index contributed by atoms with van der Waals surface area (Å²) in [5.41, 5.74) is 1.85. The lowest BCUT2D eigenvalue weighted by Crippen LogP contribution is -2.52. The number of nitrogens with zero attached hydrogens (tertiary/aromatic N) is 2. The van der Waals surface area contributed by atoms with Gasteiger partial charge in [-0.2, -0.15) is 0 Å². The zero-order chi connectivity index (χ0) is 19.2. The Morgan fingerprint density at radius 1 is 1.00 bits per heavy atom. The second-order valence-corrected chi connectivity index (χ2v) is 6.59. The van der Waals surface area contributed by atoms with Crippen LogP contribution >= 0.6 is 0 Å². The van der Waals surface area contributed by atoms with Crippen molar-refractivity contribution in [3.63, 3.8) is 0 Å². The first-order valence-corrected chi connectivity index (χ1v) is 9.19. The first-order valence-electron chi connectivity index (χ1n) is 9.19. The standard InChI is InChI=1S/C21H27N3O3/c1-16(21(25)22-19-9-4-5-10-20(19)27-3)23-11-13-24(14-12-23)17-7-6-8-18(15-17)26-2/h4-10,15-16H,11-14H2,1-3H3,(H,22,25)/t16-/m1/s1. The summed E-state index contributed by atoms with van der Waals surface area (Å²) in [6.45, 7) is 5.36. The van der Waals surface area contributed by atoms with E-state index in [9.17, 15) is 4.79 Å². The lowest BCUT2D eigenvalue weighted by molar-refractivity contribution is -0.120. The van der Waals surface area contributed by atoms with Gasteiger partial charge in [0, 0.05) is 37.9 Å². The number of anilines is 2. The molecule has 1 fully saturated rings. The number of hydrogen-bond donors (Lipinski definition) is 1. The zero-order valence-electron chi connectivity index (χ0n) is 16.1. The topological polar surface area (TPSA) is 54.0 Å². The van der Waals surface area contributed by atoms with Crippen molar-refractivity contribution in [2.24, 2.45) is 0 Å². The molecule has 2 aromatic carbocycles. The van der Waals surface area contributed by atoms with Crippen LogP contribution < -0.4 is 19.7 Å². The molecule has 0 spiro atoms. The highest BCUT2D eigenvalue weighted by Crippen LogP contribution is 2.25. The molecule has 2 aromatic rings. The maximum atomic E-state index is 12.7. The SMILES string of the molecule is COc1cccc(N2CCN([C@H](C)C(=O)Nc3ccccc3OC)CC2)c1. The highest BCUT2D eigenvalue weighted by Gasteiger charge is 2.26. The molecule has 1 heterocycles. The minimum Gasteiger partial charge on any atom is -0.497 e. The summed E-state index contributed by atoms with van der Waals surface area (Å²) in [6, 6.07) is 15.3. The second-order valence-electron chi connectivity index (χ2n) is 6.59. The van der Waals surface area contributed by atoms with Gasteiger partial charge in [0.25, 0.3) is 0 Å². The first-order chi connectivity index (χ1) is 13.1. The van der Waals surface area contributed by atoms with Crippen molar-refractivity contribution in [1.82, 2.24) is 4.90 Å². The molecule has 0 bridgehead atoms. The third-order valence-corrected chi connectivity index (χ3v) is 5.02. The van der Waals surface area contributed by atoms with E-state index in [2.05, 4.69) is 21.2 Å². The smallest absolute Gasteiger partial charge is 0.241 e. The van der Waals surface area contributed by atoms with Gasteiger partial charge in [-0.3, -0.25) is 9.69 Å². The fraction of sp³-hybridized carbons (Fsp3) is 0.381. The van der Waals surface area contributed by atoms with Crippen molar-refractivity contribution < 1.29 is 14.3 Å². The Hall–Kier alpha value is -2.73. The Labute approximate surface area is 160 Å². The summed E-state index contributed by atoms with van der Waals surface area (Å²) in [4.78, 5) is 17.2. The lowest BCUT2D eigenvalue weighted by Gasteiger charge is -2.38. The van der Waals surface area contributed by atoms with Crippen LogP contribution in [-0.4, -0.2) is 57.2 Å². The molecule has 1 amide bonds. The van der Waals surface area contributed by atoms with Crippen molar-refractivity contribution in [2.75, 3.05) is 50.6 Å². The van der Waals surface area contributed by atoms with Crippen LogP contribution in [0.15, 0.2) is 48.5 Å². The lowest BCUT2D eigenvalue weighted by atomic mass is 10.2. The van der Waals surface area contributed by atoms with Gasteiger partial charge < -0.3 is 19.7 Å².